The number of benzene rings is 1. The maximum absolute atomic E-state index is 12.1. The van der Waals surface area contributed by atoms with Gasteiger partial charge >= 0.3 is 0 Å². The fourth-order valence-electron chi connectivity index (χ4n) is 2.13. The van der Waals surface area contributed by atoms with Crippen LogP contribution in [0.5, 0.6) is 0 Å². The van der Waals surface area contributed by atoms with Crippen LogP contribution in [0.25, 0.3) is 0 Å². The highest BCUT2D eigenvalue weighted by molar-refractivity contribution is 6.29. The summed E-state index contributed by atoms with van der Waals surface area (Å²) >= 11 is 5.74. The van der Waals surface area contributed by atoms with E-state index >= 15 is 0 Å². The van der Waals surface area contributed by atoms with Crippen LogP contribution in [-0.4, -0.2) is 25.1 Å². The number of para-hydroxylation sites is 1. The van der Waals surface area contributed by atoms with E-state index in [-0.39, 0.29) is 18.5 Å². The zero-order valence-electron chi connectivity index (χ0n) is 12.6. The molecule has 1 rings (SSSR count). The molecule has 0 radical (unpaired) electrons. The summed E-state index contributed by atoms with van der Waals surface area (Å²) in [6, 6.07) is 6.07. The van der Waals surface area contributed by atoms with Crippen LogP contribution in [0, 0.1) is 6.92 Å². The molecule has 1 aromatic rings. The first-order valence-electron chi connectivity index (χ1n) is 7.18. The van der Waals surface area contributed by atoms with Crippen LogP contribution in [0.15, 0.2) is 18.2 Å². The third kappa shape index (κ3) is 4.50. The normalized spacial score (nSPS) is 10.6. The van der Waals surface area contributed by atoms with E-state index in [1.165, 1.54) is 0 Å². The largest absolute Gasteiger partial charge is 0.361 e. The van der Waals surface area contributed by atoms with Crippen molar-refractivity contribution in [3.8, 4) is 0 Å². The number of halogens is 1. The van der Waals surface area contributed by atoms with E-state index in [4.69, 9.17) is 16.3 Å². The summed E-state index contributed by atoms with van der Waals surface area (Å²) in [6.45, 7) is 7.13. The van der Waals surface area contributed by atoms with Gasteiger partial charge in [-0.15, -0.1) is 11.6 Å². The van der Waals surface area contributed by atoms with Gasteiger partial charge in [0.2, 0.25) is 5.91 Å². The maximum atomic E-state index is 12.1. The number of hydrogen-bond acceptors (Lipinski definition) is 2. The van der Waals surface area contributed by atoms with Gasteiger partial charge in [0.1, 0.15) is 12.6 Å². The molecule has 0 aromatic heterocycles. The van der Waals surface area contributed by atoms with Crippen molar-refractivity contribution in [2.45, 2.75) is 40.0 Å². The number of aryl methyl sites for hydroxylation is 2. The van der Waals surface area contributed by atoms with Crippen LogP contribution in [0.4, 0.5) is 5.69 Å². The molecule has 0 aliphatic carbocycles. The Morgan fingerprint density at radius 2 is 2.10 bits per heavy atom. The fourth-order valence-corrected chi connectivity index (χ4v) is 2.27. The summed E-state index contributed by atoms with van der Waals surface area (Å²) in [5.41, 5.74) is 3.15. The van der Waals surface area contributed by atoms with Gasteiger partial charge in [0.25, 0.3) is 0 Å². The van der Waals surface area contributed by atoms with Crippen molar-refractivity contribution in [1.29, 1.82) is 0 Å². The Labute approximate surface area is 126 Å². The van der Waals surface area contributed by atoms with Crippen LogP contribution in [0.3, 0.4) is 0 Å². The number of alkyl halides is 1. The Bertz CT molecular complexity index is 434. The van der Waals surface area contributed by atoms with Crippen molar-refractivity contribution in [3.05, 3.63) is 29.3 Å². The number of unbranched alkanes of at least 4 members (excludes halogenated alkanes) is 1. The van der Waals surface area contributed by atoms with Gasteiger partial charge in [-0.05, 0) is 30.9 Å². The number of carbonyl (C=O) groups is 1. The summed E-state index contributed by atoms with van der Waals surface area (Å²) in [6.07, 6.45) is 2.95. The average molecular weight is 298 g/mol. The lowest BCUT2D eigenvalue weighted by Gasteiger charge is -2.26. The van der Waals surface area contributed by atoms with Crippen LogP contribution < -0.4 is 4.90 Å². The molecule has 0 saturated heterocycles. The molecule has 0 heterocycles. The molecule has 0 aliphatic heterocycles. The summed E-state index contributed by atoms with van der Waals surface area (Å²) in [5.74, 6) is -0.151. The topological polar surface area (TPSA) is 29.5 Å². The van der Waals surface area contributed by atoms with Gasteiger partial charge in [-0.1, -0.05) is 38.5 Å². The molecule has 112 valence electrons. The van der Waals surface area contributed by atoms with Gasteiger partial charge in [-0.25, -0.2) is 0 Å². The van der Waals surface area contributed by atoms with E-state index in [1.807, 2.05) is 25.1 Å². The molecule has 0 unspecified atom stereocenters. The SMILES string of the molecule is CCCCOCN(C(=O)CCl)c1c(C)cccc1CC. The lowest BCUT2D eigenvalue weighted by Crippen LogP contribution is -2.35. The standard InChI is InChI=1S/C16H24ClNO2/c1-4-6-10-20-12-18(15(19)11-17)16-13(3)8-7-9-14(16)5-2/h7-9H,4-6,10-12H2,1-3H3. The molecule has 0 aliphatic rings. The number of ether oxygens (including phenoxy) is 1. The number of rotatable bonds is 8. The summed E-state index contributed by atoms with van der Waals surface area (Å²) in [4.78, 5) is 13.8. The Balaban J connectivity index is 2.95. The van der Waals surface area contributed by atoms with Gasteiger partial charge in [0.15, 0.2) is 0 Å². The van der Waals surface area contributed by atoms with Crippen molar-refractivity contribution >= 4 is 23.2 Å². The van der Waals surface area contributed by atoms with E-state index in [0.29, 0.717) is 6.61 Å². The molecule has 0 saturated carbocycles. The molecule has 4 heteroatoms. The van der Waals surface area contributed by atoms with Crippen molar-refractivity contribution < 1.29 is 9.53 Å². The third-order valence-electron chi connectivity index (χ3n) is 3.25. The van der Waals surface area contributed by atoms with Gasteiger partial charge in [-0.3, -0.25) is 9.69 Å². The Morgan fingerprint density at radius 1 is 1.35 bits per heavy atom. The van der Waals surface area contributed by atoms with Crippen molar-refractivity contribution in [1.82, 2.24) is 0 Å². The second kappa shape index (κ2) is 8.98. The van der Waals surface area contributed by atoms with Crippen LogP contribution in [-0.2, 0) is 16.0 Å². The Morgan fingerprint density at radius 3 is 2.70 bits per heavy atom. The van der Waals surface area contributed by atoms with E-state index in [2.05, 4.69) is 13.8 Å². The van der Waals surface area contributed by atoms with Gasteiger partial charge in [0.05, 0.1) is 5.69 Å². The first kappa shape index (κ1) is 17.0. The highest BCUT2D eigenvalue weighted by atomic mass is 35.5. The zero-order chi connectivity index (χ0) is 15.0. The first-order valence-corrected chi connectivity index (χ1v) is 7.71. The quantitative estimate of drug-likeness (QED) is 0.414. The number of hydrogen-bond donors (Lipinski definition) is 0. The minimum Gasteiger partial charge on any atom is -0.361 e. The predicted molar refractivity (Wildman–Crippen MR) is 84.5 cm³/mol. The summed E-state index contributed by atoms with van der Waals surface area (Å²) < 4.78 is 5.61. The predicted octanol–water partition coefficient (Wildman–Crippen LogP) is 3.90. The van der Waals surface area contributed by atoms with Crippen molar-refractivity contribution in [2.75, 3.05) is 24.1 Å². The fraction of sp³-hybridized carbons (Fsp3) is 0.562. The number of carbonyl (C=O) groups excluding carboxylic acids is 1. The Hall–Kier alpha value is -1.06. The van der Waals surface area contributed by atoms with Crippen molar-refractivity contribution in [3.63, 3.8) is 0 Å². The number of anilines is 1. The number of amides is 1. The van der Waals surface area contributed by atoms with Gasteiger partial charge < -0.3 is 4.74 Å². The highest BCUT2D eigenvalue weighted by Gasteiger charge is 2.19. The molecule has 0 fully saturated rings. The molecule has 0 bridgehead atoms. The highest BCUT2D eigenvalue weighted by Crippen LogP contribution is 2.26. The van der Waals surface area contributed by atoms with E-state index < -0.39 is 0 Å². The van der Waals surface area contributed by atoms with Gasteiger partial charge in [-0.2, -0.15) is 0 Å². The van der Waals surface area contributed by atoms with Crippen LogP contribution >= 0.6 is 11.6 Å². The average Bonchev–Trinajstić information content (AvgIpc) is 2.47. The zero-order valence-corrected chi connectivity index (χ0v) is 13.4. The summed E-state index contributed by atoms with van der Waals surface area (Å²) in [5, 5.41) is 0. The lowest BCUT2D eigenvalue weighted by molar-refractivity contribution is -0.117. The van der Waals surface area contributed by atoms with E-state index in [1.54, 1.807) is 4.90 Å². The monoisotopic (exact) mass is 297 g/mol. The molecular weight excluding hydrogens is 274 g/mol. The molecule has 3 nitrogen and oxygen atoms in total. The number of nitrogens with zero attached hydrogens (tertiary/aromatic N) is 1. The minimum absolute atomic E-state index is 0.0331. The molecule has 1 amide bonds. The second-order valence-corrected chi connectivity index (χ2v) is 5.05. The smallest absolute Gasteiger partial charge is 0.243 e. The molecule has 0 spiro atoms. The molecule has 1 aromatic carbocycles. The van der Waals surface area contributed by atoms with E-state index in [9.17, 15) is 4.79 Å². The molecule has 0 N–H and O–H groups in total. The van der Waals surface area contributed by atoms with E-state index in [0.717, 1.165) is 36.1 Å². The molecule has 20 heavy (non-hydrogen) atoms. The van der Waals surface area contributed by atoms with Crippen LogP contribution in [0.1, 0.15) is 37.8 Å². The second-order valence-electron chi connectivity index (χ2n) is 4.78. The molecular formula is C16H24ClNO2. The summed E-state index contributed by atoms with van der Waals surface area (Å²) in [7, 11) is 0. The molecule has 0 atom stereocenters. The minimum atomic E-state index is -0.118. The van der Waals surface area contributed by atoms with Crippen LogP contribution in [0.2, 0.25) is 0 Å². The lowest BCUT2D eigenvalue weighted by atomic mass is 10.0. The third-order valence-corrected chi connectivity index (χ3v) is 3.48. The van der Waals surface area contributed by atoms with Crippen molar-refractivity contribution in [2.24, 2.45) is 0 Å². The Kier molecular flexibility index (Phi) is 7.63. The maximum Gasteiger partial charge on any atom is 0.243 e. The van der Waals surface area contributed by atoms with Gasteiger partial charge in [0, 0.05) is 6.61 Å². The first-order chi connectivity index (χ1) is 9.65.